The largest absolute Gasteiger partial charge is 0.496 e. The molecular formula is C22H19N3O3S. The standard InChI is InChI=1S/C22H19N3O3S/c1-28-18-10-4-2-7-15(18)13-24-20(26)14-25-17-9-6-12-23-21(17)29-19-11-5-3-8-16(19)22(25)27/h2-12H,13-14H2,1H3,(H,24,26). The van der Waals surface area contributed by atoms with Gasteiger partial charge in [-0.1, -0.05) is 42.1 Å². The number of aromatic nitrogens is 1. The Balaban J connectivity index is 1.57. The topological polar surface area (TPSA) is 71.5 Å². The first-order valence-corrected chi connectivity index (χ1v) is 9.91. The molecular weight excluding hydrogens is 386 g/mol. The number of hydrogen-bond donors (Lipinski definition) is 1. The molecule has 1 N–H and O–H groups in total. The van der Waals surface area contributed by atoms with Gasteiger partial charge in [0.1, 0.15) is 17.3 Å². The van der Waals surface area contributed by atoms with Crippen LogP contribution in [-0.2, 0) is 11.3 Å². The van der Waals surface area contributed by atoms with Crippen molar-refractivity contribution in [1.29, 1.82) is 0 Å². The van der Waals surface area contributed by atoms with Gasteiger partial charge in [0.25, 0.3) is 5.91 Å². The van der Waals surface area contributed by atoms with Crippen molar-refractivity contribution in [2.24, 2.45) is 0 Å². The highest BCUT2D eigenvalue weighted by atomic mass is 32.2. The molecule has 0 unspecified atom stereocenters. The number of amides is 2. The Bertz CT molecular complexity index is 1070. The minimum Gasteiger partial charge on any atom is -0.496 e. The van der Waals surface area contributed by atoms with Gasteiger partial charge in [-0.05, 0) is 30.3 Å². The van der Waals surface area contributed by atoms with Crippen LogP contribution in [0.1, 0.15) is 15.9 Å². The van der Waals surface area contributed by atoms with Gasteiger partial charge in [-0.2, -0.15) is 0 Å². The fourth-order valence-electron chi connectivity index (χ4n) is 3.16. The molecule has 0 saturated carbocycles. The molecule has 2 aromatic carbocycles. The summed E-state index contributed by atoms with van der Waals surface area (Å²) < 4.78 is 5.32. The van der Waals surface area contributed by atoms with Gasteiger partial charge in [0.15, 0.2) is 0 Å². The average molecular weight is 405 g/mol. The molecule has 0 spiro atoms. The molecule has 6 nitrogen and oxygen atoms in total. The number of para-hydroxylation sites is 1. The molecule has 0 radical (unpaired) electrons. The summed E-state index contributed by atoms with van der Waals surface area (Å²) in [5.74, 6) is 0.231. The first-order valence-electron chi connectivity index (χ1n) is 9.09. The number of carbonyl (C=O) groups is 2. The van der Waals surface area contributed by atoms with Gasteiger partial charge in [0.05, 0.1) is 18.4 Å². The highest BCUT2D eigenvalue weighted by Crippen LogP contribution is 2.39. The molecule has 1 aromatic heterocycles. The number of methoxy groups -OCH3 is 1. The van der Waals surface area contributed by atoms with Crippen LogP contribution in [0.25, 0.3) is 0 Å². The van der Waals surface area contributed by atoms with Gasteiger partial charge in [-0.15, -0.1) is 0 Å². The van der Waals surface area contributed by atoms with Crippen molar-refractivity contribution >= 4 is 29.3 Å². The van der Waals surface area contributed by atoms with Crippen molar-refractivity contribution in [3.8, 4) is 5.75 Å². The fraction of sp³-hybridized carbons (Fsp3) is 0.136. The monoisotopic (exact) mass is 405 g/mol. The highest BCUT2D eigenvalue weighted by Gasteiger charge is 2.29. The van der Waals surface area contributed by atoms with E-state index in [0.29, 0.717) is 28.6 Å². The van der Waals surface area contributed by atoms with E-state index >= 15 is 0 Å². The van der Waals surface area contributed by atoms with Crippen molar-refractivity contribution < 1.29 is 14.3 Å². The fourth-order valence-corrected chi connectivity index (χ4v) is 4.17. The third kappa shape index (κ3) is 3.95. The second-order valence-corrected chi connectivity index (χ2v) is 7.44. The molecule has 1 aliphatic heterocycles. The van der Waals surface area contributed by atoms with E-state index in [9.17, 15) is 9.59 Å². The summed E-state index contributed by atoms with van der Waals surface area (Å²) in [6.07, 6.45) is 1.68. The number of carbonyl (C=O) groups excluding carboxylic acids is 2. The zero-order valence-electron chi connectivity index (χ0n) is 15.8. The van der Waals surface area contributed by atoms with Crippen LogP contribution in [0.5, 0.6) is 5.75 Å². The van der Waals surface area contributed by atoms with Gasteiger partial charge in [0, 0.05) is 23.2 Å². The van der Waals surface area contributed by atoms with Crippen LogP contribution in [0.2, 0.25) is 0 Å². The van der Waals surface area contributed by atoms with E-state index in [2.05, 4.69) is 10.3 Å². The summed E-state index contributed by atoms with van der Waals surface area (Å²) in [4.78, 5) is 32.6. The van der Waals surface area contributed by atoms with Gasteiger partial charge in [0.2, 0.25) is 5.91 Å². The SMILES string of the molecule is COc1ccccc1CNC(=O)CN1C(=O)c2ccccc2Sc2ncccc21. The quantitative estimate of drug-likeness (QED) is 0.703. The Morgan fingerprint density at radius 1 is 1.10 bits per heavy atom. The van der Waals surface area contributed by atoms with Gasteiger partial charge < -0.3 is 10.1 Å². The van der Waals surface area contributed by atoms with E-state index in [1.807, 2.05) is 48.5 Å². The maximum Gasteiger partial charge on any atom is 0.259 e. The lowest BCUT2D eigenvalue weighted by Crippen LogP contribution is -2.40. The smallest absolute Gasteiger partial charge is 0.259 e. The van der Waals surface area contributed by atoms with E-state index in [4.69, 9.17) is 4.74 Å². The molecule has 0 saturated heterocycles. The average Bonchev–Trinajstić information content (AvgIpc) is 2.87. The first-order chi connectivity index (χ1) is 14.2. The van der Waals surface area contributed by atoms with Crippen molar-refractivity contribution in [2.75, 3.05) is 18.6 Å². The number of rotatable bonds is 5. The Labute approximate surface area is 172 Å². The zero-order chi connectivity index (χ0) is 20.2. The molecule has 2 heterocycles. The van der Waals surface area contributed by atoms with E-state index in [-0.39, 0.29) is 18.4 Å². The first kappa shape index (κ1) is 19.0. The summed E-state index contributed by atoms with van der Waals surface area (Å²) >= 11 is 1.43. The number of nitrogens with one attached hydrogen (secondary N) is 1. The Morgan fingerprint density at radius 2 is 1.90 bits per heavy atom. The van der Waals surface area contributed by atoms with Crippen molar-refractivity contribution in [2.45, 2.75) is 16.5 Å². The lowest BCUT2D eigenvalue weighted by atomic mass is 10.2. The van der Waals surface area contributed by atoms with Crippen LogP contribution in [0.15, 0.2) is 76.8 Å². The van der Waals surface area contributed by atoms with Gasteiger partial charge in [-0.25, -0.2) is 4.98 Å². The number of anilines is 1. The molecule has 0 bridgehead atoms. The van der Waals surface area contributed by atoms with Crippen molar-refractivity contribution in [3.05, 3.63) is 78.0 Å². The Hall–Kier alpha value is -3.32. The van der Waals surface area contributed by atoms with E-state index < -0.39 is 0 Å². The molecule has 4 rings (SSSR count). The minimum atomic E-state index is -0.261. The zero-order valence-corrected chi connectivity index (χ0v) is 16.6. The van der Waals surface area contributed by atoms with Crippen molar-refractivity contribution in [1.82, 2.24) is 10.3 Å². The third-order valence-electron chi connectivity index (χ3n) is 4.58. The number of fused-ring (bicyclic) bond motifs is 2. The lowest BCUT2D eigenvalue weighted by molar-refractivity contribution is -0.119. The molecule has 0 fully saturated rings. The second kappa shape index (κ2) is 8.36. The molecule has 2 amide bonds. The summed E-state index contributed by atoms with van der Waals surface area (Å²) in [5, 5.41) is 3.57. The number of nitrogens with zero attached hydrogens (tertiary/aromatic N) is 2. The van der Waals surface area contributed by atoms with Crippen LogP contribution in [-0.4, -0.2) is 30.5 Å². The molecule has 3 aromatic rings. The van der Waals surface area contributed by atoms with Crippen LogP contribution >= 0.6 is 11.8 Å². The van der Waals surface area contributed by atoms with E-state index in [1.165, 1.54) is 16.7 Å². The molecule has 1 aliphatic rings. The van der Waals surface area contributed by atoms with Crippen molar-refractivity contribution in [3.63, 3.8) is 0 Å². The predicted molar refractivity (Wildman–Crippen MR) is 111 cm³/mol. The van der Waals surface area contributed by atoms with Crippen LogP contribution in [0, 0.1) is 0 Å². The second-order valence-electron chi connectivity index (χ2n) is 6.41. The van der Waals surface area contributed by atoms with Gasteiger partial charge >= 0.3 is 0 Å². The molecule has 146 valence electrons. The Morgan fingerprint density at radius 3 is 2.76 bits per heavy atom. The number of hydrogen-bond acceptors (Lipinski definition) is 5. The predicted octanol–water partition coefficient (Wildman–Crippen LogP) is 3.52. The van der Waals surface area contributed by atoms with E-state index in [0.717, 1.165) is 10.5 Å². The maximum absolute atomic E-state index is 13.2. The highest BCUT2D eigenvalue weighted by molar-refractivity contribution is 7.99. The number of benzene rings is 2. The van der Waals surface area contributed by atoms with Crippen LogP contribution < -0.4 is 15.0 Å². The molecule has 0 aliphatic carbocycles. The molecule has 7 heteroatoms. The maximum atomic E-state index is 13.2. The molecule has 0 atom stereocenters. The Kier molecular flexibility index (Phi) is 5.48. The molecule has 29 heavy (non-hydrogen) atoms. The van der Waals surface area contributed by atoms with Gasteiger partial charge in [-0.3, -0.25) is 14.5 Å². The number of ether oxygens (including phenoxy) is 1. The summed E-state index contributed by atoms with van der Waals surface area (Å²) in [7, 11) is 1.59. The normalized spacial score (nSPS) is 12.6. The summed E-state index contributed by atoms with van der Waals surface area (Å²) in [6.45, 7) is 0.220. The van der Waals surface area contributed by atoms with E-state index in [1.54, 1.807) is 25.4 Å². The number of pyridine rings is 1. The van der Waals surface area contributed by atoms with Crippen LogP contribution in [0.4, 0.5) is 5.69 Å². The third-order valence-corrected chi connectivity index (χ3v) is 5.67. The minimum absolute atomic E-state index is 0.0957. The summed E-state index contributed by atoms with van der Waals surface area (Å²) in [6, 6.07) is 18.4. The van der Waals surface area contributed by atoms with Crippen LogP contribution in [0.3, 0.4) is 0 Å². The summed E-state index contributed by atoms with van der Waals surface area (Å²) in [5.41, 5.74) is 2.06. The lowest BCUT2D eigenvalue weighted by Gasteiger charge is -2.22.